The third-order valence-corrected chi connectivity index (χ3v) is 4.06. The van der Waals surface area contributed by atoms with Gasteiger partial charge in [-0.25, -0.2) is 0 Å². The molecule has 0 saturated carbocycles. The number of aromatic carboxylic acids is 1. The van der Waals surface area contributed by atoms with E-state index in [0.29, 0.717) is 17.5 Å². The molecule has 0 atom stereocenters. The summed E-state index contributed by atoms with van der Waals surface area (Å²) in [6, 6.07) is 10.2. The third kappa shape index (κ3) is 3.14. The van der Waals surface area contributed by atoms with E-state index in [9.17, 15) is 14.7 Å². The first-order chi connectivity index (χ1) is 9.56. The predicted molar refractivity (Wildman–Crippen MR) is 75.8 cm³/mol. The van der Waals surface area contributed by atoms with E-state index in [1.807, 2.05) is 18.2 Å². The first-order valence-electron chi connectivity index (χ1n) is 6.23. The van der Waals surface area contributed by atoms with Crippen LogP contribution in [-0.2, 0) is 12.8 Å². The van der Waals surface area contributed by atoms with Gasteiger partial charge in [-0.05, 0) is 47.7 Å². The zero-order valence-corrected chi connectivity index (χ0v) is 15.1. The average Bonchev–Trinajstić information content (AvgIpc) is 2.57. The van der Waals surface area contributed by atoms with Gasteiger partial charge in [0, 0.05) is 15.6 Å². The van der Waals surface area contributed by atoms with Crippen LogP contribution in [0.1, 0.15) is 37.4 Å². The number of halogens is 1. The second-order valence-corrected chi connectivity index (χ2v) is 5.71. The molecule has 0 saturated heterocycles. The van der Waals surface area contributed by atoms with E-state index in [1.54, 1.807) is 12.1 Å². The van der Waals surface area contributed by atoms with Gasteiger partial charge in [-0.1, -0.05) is 34.1 Å². The van der Waals surface area contributed by atoms with E-state index in [4.69, 9.17) is 0 Å². The van der Waals surface area contributed by atoms with E-state index < -0.39 is 5.97 Å². The number of aryl methyl sites for hydroxylation is 2. The molecular formula is C16H10BrNaO3. The molecule has 5 heteroatoms. The van der Waals surface area contributed by atoms with Gasteiger partial charge in [0.1, 0.15) is 0 Å². The topological polar surface area (TPSA) is 57.2 Å². The van der Waals surface area contributed by atoms with Crippen molar-refractivity contribution in [3.05, 3.63) is 68.7 Å². The molecule has 21 heavy (non-hydrogen) atoms. The Bertz CT molecular complexity index is 740. The number of hydrogen-bond acceptors (Lipinski definition) is 3. The van der Waals surface area contributed by atoms with Crippen LogP contribution in [0.2, 0.25) is 0 Å². The summed E-state index contributed by atoms with van der Waals surface area (Å²) in [5.41, 5.74) is 3.13. The van der Waals surface area contributed by atoms with Crippen molar-refractivity contribution in [1.29, 1.82) is 0 Å². The van der Waals surface area contributed by atoms with Crippen LogP contribution >= 0.6 is 15.9 Å². The molecule has 0 spiro atoms. The molecule has 0 N–H and O–H groups in total. The SMILES string of the molecule is O=C([O-])c1ccc2c(c1)CCc1ccc(Br)cc1C2=O.[Na+]. The first kappa shape index (κ1) is 16.4. The van der Waals surface area contributed by atoms with Crippen LogP contribution in [-0.4, -0.2) is 11.8 Å². The number of carboxylic acids is 1. The molecule has 0 aromatic heterocycles. The van der Waals surface area contributed by atoms with Crippen molar-refractivity contribution in [2.45, 2.75) is 12.8 Å². The van der Waals surface area contributed by atoms with E-state index in [0.717, 1.165) is 22.0 Å². The van der Waals surface area contributed by atoms with Gasteiger partial charge in [0.05, 0.1) is 5.97 Å². The molecule has 0 radical (unpaired) electrons. The van der Waals surface area contributed by atoms with Crippen molar-refractivity contribution < 1.29 is 44.3 Å². The maximum absolute atomic E-state index is 12.6. The summed E-state index contributed by atoms with van der Waals surface area (Å²) in [6.45, 7) is 0. The molecule has 0 aliphatic heterocycles. The minimum absolute atomic E-state index is 0. The average molecular weight is 353 g/mol. The molecule has 3 rings (SSSR count). The largest absolute Gasteiger partial charge is 1.00 e. The molecule has 0 fully saturated rings. The number of hydrogen-bond donors (Lipinski definition) is 0. The Morgan fingerprint density at radius 3 is 2.43 bits per heavy atom. The Labute approximate surface area is 152 Å². The number of carbonyl (C=O) groups excluding carboxylic acids is 2. The summed E-state index contributed by atoms with van der Waals surface area (Å²) in [4.78, 5) is 23.5. The monoisotopic (exact) mass is 352 g/mol. The van der Waals surface area contributed by atoms with Gasteiger partial charge in [-0.3, -0.25) is 4.79 Å². The molecule has 1 aliphatic rings. The van der Waals surface area contributed by atoms with Crippen LogP contribution in [0.25, 0.3) is 0 Å². The van der Waals surface area contributed by atoms with Crippen molar-refractivity contribution in [3.8, 4) is 0 Å². The predicted octanol–water partition coefficient (Wildman–Crippen LogP) is -0.854. The Morgan fingerprint density at radius 2 is 1.71 bits per heavy atom. The zero-order valence-electron chi connectivity index (χ0n) is 11.5. The zero-order chi connectivity index (χ0) is 14.3. The second-order valence-electron chi connectivity index (χ2n) is 4.79. The van der Waals surface area contributed by atoms with Crippen molar-refractivity contribution >= 4 is 27.7 Å². The summed E-state index contributed by atoms with van der Waals surface area (Å²) in [5.74, 6) is -1.27. The van der Waals surface area contributed by atoms with E-state index >= 15 is 0 Å². The van der Waals surface area contributed by atoms with Gasteiger partial charge < -0.3 is 9.90 Å². The Kier molecular flexibility index (Phi) is 5.04. The van der Waals surface area contributed by atoms with Gasteiger partial charge in [0.25, 0.3) is 0 Å². The molecule has 1 aliphatic carbocycles. The Morgan fingerprint density at radius 1 is 1.00 bits per heavy atom. The molecule has 100 valence electrons. The molecule has 0 amide bonds. The summed E-state index contributed by atoms with van der Waals surface area (Å²) in [7, 11) is 0. The molecule has 2 aromatic rings. The van der Waals surface area contributed by atoms with Crippen molar-refractivity contribution in [3.63, 3.8) is 0 Å². The fraction of sp³-hybridized carbons (Fsp3) is 0.125. The van der Waals surface area contributed by atoms with Crippen molar-refractivity contribution in [1.82, 2.24) is 0 Å². The maximum atomic E-state index is 12.6. The number of ketones is 1. The van der Waals surface area contributed by atoms with Gasteiger partial charge in [0.15, 0.2) is 5.78 Å². The summed E-state index contributed by atoms with van der Waals surface area (Å²) < 4.78 is 0.861. The summed E-state index contributed by atoms with van der Waals surface area (Å²) in [6.07, 6.45) is 1.37. The minimum Gasteiger partial charge on any atom is -0.545 e. The molecule has 3 nitrogen and oxygen atoms in total. The molecule has 0 heterocycles. The van der Waals surface area contributed by atoms with Gasteiger partial charge in [0.2, 0.25) is 0 Å². The number of rotatable bonds is 1. The fourth-order valence-corrected chi connectivity index (χ4v) is 2.90. The van der Waals surface area contributed by atoms with Crippen LogP contribution in [0, 0.1) is 0 Å². The quantitative estimate of drug-likeness (QED) is 0.628. The summed E-state index contributed by atoms with van der Waals surface area (Å²) >= 11 is 3.38. The van der Waals surface area contributed by atoms with Crippen LogP contribution < -0.4 is 34.7 Å². The number of carbonyl (C=O) groups is 2. The minimum atomic E-state index is -1.22. The molecule has 2 aromatic carbocycles. The van der Waals surface area contributed by atoms with Crippen LogP contribution in [0.5, 0.6) is 0 Å². The van der Waals surface area contributed by atoms with E-state index in [2.05, 4.69) is 15.9 Å². The van der Waals surface area contributed by atoms with E-state index in [1.165, 1.54) is 6.07 Å². The van der Waals surface area contributed by atoms with Gasteiger partial charge in [-0.2, -0.15) is 0 Å². The molecule has 0 unspecified atom stereocenters. The smallest absolute Gasteiger partial charge is 0.545 e. The van der Waals surface area contributed by atoms with Crippen LogP contribution in [0.3, 0.4) is 0 Å². The van der Waals surface area contributed by atoms with E-state index in [-0.39, 0.29) is 40.9 Å². The van der Waals surface area contributed by atoms with Crippen molar-refractivity contribution in [2.75, 3.05) is 0 Å². The maximum Gasteiger partial charge on any atom is 1.00 e. The van der Waals surface area contributed by atoms with Crippen LogP contribution in [0.4, 0.5) is 0 Å². The standard InChI is InChI=1S/C16H11BrO3.Na/c17-12-5-3-9-1-2-10-7-11(16(19)20)4-6-13(10)15(18)14(9)8-12;/h3-8H,1-2H2,(H,19,20);/q;+1/p-1. The molecule has 0 bridgehead atoms. The summed E-state index contributed by atoms with van der Waals surface area (Å²) in [5, 5.41) is 10.9. The number of benzene rings is 2. The molecular weight excluding hydrogens is 343 g/mol. The number of fused-ring (bicyclic) bond motifs is 2. The van der Waals surface area contributed by atoms with Crippen LogP contribution in [0.15, 0.2) is 40.9 Å². The fourth-order valence-electron chi connectivity index (χ4n) is 2.54. The van der Waals surface area contributed by atoms with Gasteiger partial charge in [-0.15, -0.1) is 0 Å². The Balaban J connectivity index is 0.00000161. The normalized spacial score (nSPS) is 12.7. The number of carboxylic acid groups (broad SMARTS) is 1. The Hall–Kier alpha value is -0.940. The van der Waals surface area contributed by atoms with Gasteiger partial charge >= 0.3 is 29.6 Å². The first-order valence-corrected chi connectivity index (χ1v) is 7.03. The third-order valence-electron chi connectivity index (χ3n) is 3.57. The second kappa shape index (κ2) is 6.44. The van der Waals surface area contributed by atoms with Crippen molar-refractivity contribution in [2.24, 2.45) is 0 Å².